The summed E-state index contributed by atoms with van der Waals surface area (Å²) in [6.45, 7) is 0.426. The number of nitriles is 1. The van der Waals surface area contributed by atoms with Gasteiger partial charge < -0.3 is 15.1 Å². The quantitative estimate of drug-likeness (QED) is 0.499. The number of anilines is 2. The van der Waals surface area contributed by atoms with Gasteiger partial charge in [0.15, 0.2) is 5.82 Å². The van der Waals surface area contributed by atoms with E-state index in [1.54, 1.807) is 36.6 Å². The summed E-state index contributed by atoms with van der Waals surface area (Å²) in [4.78, 5) is 21.8. The Balaban J connectivity index is 1.62. The molecule has 1 amide bonds. The number of nitrogens with zero attached hydrogens (tertiary/aromatic N) is 3. The van der Waals surface area contributed by atoms with Crippen molar-refractivity contribution in [1.82, 2.24) is 9.97 Å². The Hall–Kier alpha value is -4.44. The molecule has 0 aliphatic heterocycles. The monoisotopic (exact) mass is 395 g/mol. The van der Waals surface area contributed by atoms with Crippen LogP contribution in [0, 0.1) is 11.3 Å². The number of aromatic nitrogens is 2. The molecule has 7 heteroatoms. The number of hydrogen-bond acceptors (Lipinski definition) is 6. The van der Waals surface area contributed by atoms with Crippen LogP contribution in [-0.4, -0.2) is 15.9 Å². The molecule has 0 unspecified atom stereocenters. The number of carbonyl (C=O) groups is 1. The fourth-order valence-electron chi connectivity index (χ4n) is 2.78. The van der Waals surface area contributed by atoms with Crippen LogP contribution in [0.5, 0.6) is 0 Å². The van der Waals surface area contributed by atoms with E-state index in [1.165, 1.54) is 0 Å². The van der Waals surface area contributed by atoms with Gasteiger partial charge in [0.25, 0.3) is 5.91 Å². The van der Waals surface area contributed by atoms with E-state index in [1.807, 2.05) is 48.5 Å². The lowest BCUT2D eigenvalue weighted by Crippen LogP contribution is -2.15. The minimum atomic E-state index is -0.375. The van der Waals surface area contributed by atoms with Crippen LogP contribution in [0.1, 0.15) is 21.8 Å². The second-order valence-corrected chi connectivity index (χ2v) is 6.40. The van der Waals surface area contributed by atoms with Gasteiger partial charge in [0, 0.05) is 17.3 Å². The Morgan fingerprint density at radius 1 is 1.00 bits per heavy atom. The maximum Gasteiger partial charge on any atom is 0.274 e. The normalized spacial score (nSPS) is 10.2. The fourth-order valence-corrected chi connectivity index (χ4v) is 2.78. The lowest BCUT2D eigenvalue weighted by Gasteiger charge is -2.10. The zero-order valence-corrected chi connectivity index (χ0v) is 15.9. The first-order valence-corrected chi connectivity index (χ1v) is 9.23. The Morgan fingerprint density at radius 3 is 2.50 bits per heavy atom. The van der Waals surface area contributed by atoms with Crippen LogP contribution in [-0.2, 0) is 6.54 Å². The van der Waals surface area contributed by atoms with Gasteiger partial charge >= 0.3 is 0 Å². The number of carbonyl (C=O) groups excluding carboxylic acids is 1. The van der Waals surface area contributed by atoms with Crippen molar-refractivity contribution in [3.05, 3.63) is 96.1 Å². The van der Waals surface area contributed by atoms with Gasteiger partial charge in [0.2, 0.25) is 0 Å². The van der Waals surface area contributed by atoms with E-state index >= 15 is 0 Å². The second kappa shape index (κ2) is 8.71. The van der Waals surface area contributed by atoms with E-state index in [4.69, 9.17) is 9.68 Å². The first kappa shape index (κ1) is 18.9. The molecule has 2 N–H and O–H groups in total. The van der Waals surface area contributed by atoms with Gasteiger partial charge in [-0.05, 0) is 36.4 Å². The van der Waals surface area contributed by atoms with Gasteiger partial charge in [-0.25, -0.2) is 9.97 Å². The minimum absolute atomic E-state index is 0.218. The molecule has 146 valence electrons. The number of furan rings is 1. The average molecular weight is 395 g/mol. The molecule has 0 aliphatic rings. The summed E-state index contributed by atoms with van der Waals surface area (Å²) in [6.07, 6.45) is 1.60. The highest BCUT2D eigenvalue weighted by atomic mass is 16.3. The molecule has 30 heavy (non-hydrogen) atoms. The van der Waals surface area contributed by atoms with Crippen molar-refractivity contribution in [2.45, 2.75) is 6.54 Å². The first-order chi connectivity index (χ1) is 14.7. The second-order valence-electron chi connectivity index (χ2n) is 6.40. The van der Waals surface area contributed by atoms with Crippen LogP contribution in [0.2, 0.25) is 0 Å². The van der Waals surface area contributed by atoms with Crippen LogP contribution in [0.3, 0.4) is 0 Å². The minimum Gasteiger partial charge on any atom is -0.467 e. The van der Waals surface area contributed by atoms with Gasteiger partial charge in [-0.15, -0.1) is 0 Å². The molecule has 4 rings (SSSR count). The molecule has 0 bridgehead atoms. The van der Waals surface area contributed by atoms with Crippen LogP contribution in [0.15, 0.2) is 83.5 Å². The van der Waals surface area contributed by atoms with Crippen LogP contribution >= 0.6 is 0 Å². The summed E-state index contributed by atoms with van der Waals surface area (Å²) in [5, 5.41) is 14.9. The summed E-state index contributed by atoms with van der Waals surface area (Å²) in [7, 11) is 0. The highest BCUT2D eigenvalue weighted by Gasteiger charge is 2.14. The summed E-state index contributed by atoms with van der Waals surface area (Å²) in [5.74, 6) is 1.31. The Morgan fingerprint density at radius 2 is 1.80 bits per heavy atom. The molecular formula is C23H17N5O2. The number of nitrogens with one attached hydrogen (secondary N) is 2. The highest BCUT2D eigenvalue weighted by Crippen LogP contribution is 2.19. The van der Waals surface area contributed by atoms with Crippen LogP contribution in [0.25, 0.3) is 11.4 Å². The molecule has 4 aromatic rings. The highest BCUT2D eigenvalue weighted by molar-refractivity contribution is 6.03. The van der Waals surface area contributed by atoms with E-state index in [2.05, 4.69) is 20.6 Å². The molecule has 0 spiro atoms. The number of hydrogen-bond donors (Lipinski definition) is 2. The number of rotatable bonds is 6. The third kappa shape index (κ3) is 4.51. The molecule has 0 aliphatic carbocycles. The van der Waals surface area contributed by atoms with Gasteiger partial charge in [-0.3, -0.25) is 4.79 Å². The molecule has 0 atom stereocenters. The largest absolute Gasteiger partial charge is 0.467 e. The lowest BCUT2D eigenvalue weighted by atomic mass is 10.2. The van der Waals surface area contributed by atoms with Gasteiger partial charge in [-0.2, -0.15) is 5.26 Å². The van der Waals surface area contributed by atoms with Crippen LogP contribution in [0.4, 0.5) is 11.5 Å². The van der Waals surface area contributed by atoms with Crippen molar-refractivity contribution < 1.29 is 9.21 Å². The van der Waals surface area contributed by atoms with Gasteiger partial charge in [0.1, 0.15) is 17.3 Å². The Labute approximate surface area is 173 Å². The smallest absolute Gasteiger partial charge is 0.274 e. The summed E-state index contributed by atoms with van der Waals surface area (Å²) in [6, 6.07) is 23.4. The van der Waals surface area contributed by atoms with Crippen molar-refractivity contribution in [2.24, 2.45) is 0 Å². The molecule has 0 fully saturated rings. The first-order valence-electron chi connectivity index (χ1n) is 9.23. The van der Waals surface area contributed by atoms with Crippen molar-refractivity contribution in [3.63, 3.8) is 0 Å². The van der Waals surface area contributed by atoms with Crippen molar-refractivity contribution in [2.75, 3.05) is 10.6 Å². The molecular weight excluding hydrogens is 378 g/mol. The molecule has 0 saturated carbocycles. The maximum atomic E-state index is 12.8. The van der Waals surface area contributed by atoms with E-state index in [9.17, 15) is 4.79 Å². The zero-order valence-electron chi connectivity index (χ0n) is 15.9. The van der Waals surface area contributed by atoms with E-state index in [-0.39, 0.29) is 11.6 Å². The summed E-state index contributed by atoms with van der Waals surface area (Å²) >= 11 is 0. The number of benzene rings is 2. The molecule has 2 aromatic carbocycles. The number of amides is 1. The summed E-state index contributed by atoms with van der Waals surface area (Å²) in [5.41, 5.74) is 2.11. The average Bonchev–Trinajstić information content (AvgIpc) is 3.32. The van der Waals surface area contributed by atoms with Gasteiger partial charge in [-0.1, -0.05) is 30.3 Å². The SMILES string of the molecule is N#Cc1ccc(NC(=O)c2cc(NCc3ccco3)nc(-c3ccccc3)n2)cc1. The third-order valence-corrected chi connectivity index (χ3v) is 4.29. The van der Waals surface area contributed by atoms with Crippen molar-refractivity contribution in [3.8, 4) is 17.5 Å². The molecule has 2 aromatic heterocycles. The fraction of sp³-hybridized carbons (Fsp3) is 0.0435. The topological polar surface area (TPSA) is 104 Å². The lowest BCUT2D eigenvalue weighted by molar-refractivity contribution is 0.102. The zero-order chi connectivity index (χ0) is 20.8. The summed E-state index contributed by atoms with van der Waals surface area (Å²) < 4.78 is 5.34. The molecule has 0 radical (unpaired) electrons. The predicted octanol–water partition coefficient (Wildman–Crippen LogP) is 4.47. The Bertz CT molecular complexity index is 1180. The van der Waals surface area contributed by atoms with E-state index < -0.39 is 0 Å². The van der Waals surface area contributed by atoms with Crippen molar-refractivity contribution >= 4 is 17.4 Å². The van der Waals surface area contributed by atoms with Crippen molar-refractivity contribution in [1.29, 1.82) is 5.26 Å². The molecule has 7 nitrogen and oxygen atoms in total. The predicted molar refractivity (Wildman–Crippen MR) is 113 cm³/mol. The van der Waals surface area contributed by atoms with Crippen LogP contribution < -0.4 is 10.6 Å². The maximum absolute atomic E-state index is 12.8. The molecule has 0 saturated heterocycles. The van der Waals surface area contributed by atoms with E-state index in [0.29, 0.717) is 29.4 Å². The van der Waals surface area contributed by atoms with E-state index in [0.717, 1.165) is 11.3 Å². The molecule has 2 heterocycles. The van der Waals surface area contributed by atoms with Gasteiger partial charge in [0.05, 0.1) is 24.4 Å². The third-order valence-electron chi connectivity index (χ3n) is 4.29. The Kier molecular flexibility index (Phi) is 5.49. The standard InChI is InChI=1S/C23H17N5O2/c24-14-16-8-10-18(11-9-16)26-23(29)20-13-21(25-15-19-7-4-12-30-19)28-22(27-20)17-5-2-1-3-6-17/h1-13H,15H2,(H,26,29)(H,25,27,28).